The third-order valence-electron chi connectivity index (χ3n) is 2.69. The third-order valence-corrected chi connectivity index (χ3v) is 3.66. The number of methoxy groups -OCH3 is 1. The van der Waals surface area contributed by atoms with Gasteiger partial charge in [-0.25, -0.2) is 13.2 Å². The second-order valence-corrected chi connectivity index (χ2v) is 7.03. The fourth-order valence-electron chi connectivity index (χ4n) is 1.74. The van der Waals surface area contributed by atoms with E-state index in [-0.39, 0.29) is 5.75 Å². The van der Waals surface area contributed by atoms with E-state index in [4.69, 9.17) is 15.0 Å². The molecule has 128 valence electrons. The molecule has 0 aromatic heterocycles. The number of azide groups is 1. The Balaban J connectivity index is 4.20. The number of carbonyl (C=O) groups is 1. The van der Waals surface area contributed by atoms with Crippen LogP contribution in [0.15, 0.2) is 5.11 Å². The molecule has 0 bridgehead atoms. The molecular weight excluding hydrogens is 312 g/mol. The minimum Gasteiger partial charge on any atom is -0.445 e. The van der Waals surface area contributed by atoms with Gasteiger partial charge in [0.25, 0.3) is 0 Å². The van der Waals surface area contributed by atoms with Crippen molar-refractivity contribution in [3.05, 3.63) is 10.4 Å². The van der Waals surface area contributed by atoms with Gasteiger partial charge >= 0.3 is 6.09 Å². The molecule has 1 atom stereocenters. The molecule has 0 aliphatic heterocycles. The van der Waals surface area contributed by atoms with Crippen molar-refractivity contribution in [2.75, 3.05) is 38.8 Å². The molecule has 0 radical (unpaired) electrons. The summed E-state index contributed by atoms with van der Waals surface area (Å²) in [5.41, 5.74) is 8.14. The number of amides is 1. The quantitative estimate of drug-likeness (QED) is 0.250. The lowest BCUT2D eigenvalue weighted by Gasteiger charge is -2.17. The highest BCUT2D eigenvalue weighted by atomic mass is 32.2. The van der Waals surface area contributed by atoms with Crippen LogP contribution in [0.1, 0.15) is 25.7 Å². The van der Waals surface area contributed by atoms with Crippen molar-refractivity contribution in [2.24, 2.45) is 5.11 Å². The number of alkyl carbamates (subject to hydrolysis) is 1. The molecule has 22 heavy (non-hydrogen) atoms. The van der Waals surface area contributed by atoms with E-state index in [9.17, 15) is 13.2 Å². The van der Waals surface area contributed by atoms with Crippen molar-refractivity contribution in [1.29, 1.82) is 0 Å². The number of nitrogens with one attached hydrogen (secondary N) is 1. The van der Waals surface area contributed by atoms with Crippen molar-refractivity contribution in [1.82, 2.24) is 5.32 Å². The normalized spacial score (nSPS) is 12.3. The summed E-state index contributed by atoms with van der Waals surface area (Å²) in [6.07, 6.45) is 2.39. The third kappa shape index (κ3) is 13.5. The molecule has 0 aromatic carbocycles. The number of hydrogen-bond acceptors (Lipinski definition) is 6. The summed E-state index contributed by atoms with van der Waals surface area (Å²) < 4.78 is 32.7. The van der Waals surface area contributed by atoms with Gasteiger partial charge in [0.15, 0.2) is 9.84 Å². The van der Waals surface area contributed by atoms with Crippen molar-refractivity contribution in [2.45, 2.75) is 31.8 Å². The van der Waals surface area contributed by atoms with Gasteiger partial charge in [-0.2, -0.15) is 0 Å². The van der Waals surface area contributed by atoms with Crippen LogP contribution in [0.25, 0.3) is 10.4 Å². The summed E-state index contributed by atoms with van der Waals surface area (Å²) in [7, 11) is -1.73. The SMILES string of the molecule is COCCNC(=O)OC(CCCCCN=[N+]=[N-])CS(C)(=O)=O. The number of hydrogen-bond donors (Lipinski definition) is 1. The average Bonchev–Trinajstić information content (AvgIpc) is 2.41. The van der Waals surface area contributed by atoms with Crippen LogP contribution in [0.3, 0.4) is 0 Å². The Hall–Kier alpha value is -1.51. The van der Waals surface area contributed by atoms with Gasteiger partial charge in [-0.15, -0.1) is 0 Å². The van der Waals surface area contributed by atoms with Gasteiger partial charge in [0, 0.05) is 31.4 Å². The number of rotatable bonds is 12. The van der Waals surface area contributed by atoms with Crippen LogP contribution in [-0.2, 0) is 19.3 Å². The van der Waals surface area contributed by atoms with E-state index in [0.717, 1.165) is 19.1 Å². The number of nitrogens with zero attached hydrogens (tertiary/aromatic N) is 3. The zero-order chi connectivity index (χ0) is 16.8. The first kappa shape index (κ1) is 20.5. The smallest absolute Gasteiger partial charge is 0.407 e. The summed E-state index contributed by atoms with van der Waals surface area (Å²) in [6, 6.07) is 0. The lowest BCUT2D eigenvalue weighted by molar-refractivity contribution is 0.0989. The van der Waals surface area contributed by atoms with Crippen LogP contribution in [0.2, 0.25) is 0 Å². The average molecular weight is 336 g/mol. The first-order chi connectivity index (χ1) is 10.4. The lowest BCUT2D eigenvalue weighted by Crippen LogP contribution is -2.34. The van der Waals surface area contributed by atoms with Crippen molar-refractivity contribution in [3.8, 4) is 0 Å². The van der Waals surface area contributed by atoms with Gasteiger partial charge in [0.05, 0.1) is 12.4 Å². The summed E-state index contributed by atoms with van der Waals surface area (Å²) in [4.78, 5) is 14.2. The standard InChI is InChI=1S/C12H24N4O5S/c1-20-9-8-14-12(17)21-11(10-22(2,18)19)6-4-3-5-7-15-16-13/h11H,3-10H2,1-2H3,(H,14,17). The minimum absolute atomic E-state index is 0.207. The van der Waals surface area contributed by atoms with Crippen molar-refractivity contribution in [3.63, 3.8) is 0 Å². The molecule has 0 rings (SSSR count). The Morgan fingerprint density at radius 2 is 2.09 bits per heavy atom. The molecule has 0 aliphatic rings. The molecule has 10 heteroatoms. The van der Waals surface area contributed by atoms with Crippen LogP contribution >= 0.6 is 0 Å². The lowest BCUT2D eigenvalue weighted by atomic mass is 10.1. The molecule has 0 aliphatic carbocycles. The molecule has 0 aromatic rings. The molecular formula is C12H24N4O5S. The molecule has 0 fully saturated rings. The highest BCUT2D eigenvalue weighted by molar-refractivity contribution is 7.90. The summed E-state index contributed by atoms with van der Waals surface area (Å²) >= 11 is 0. The molecule has 0 saturated carbocycles. The summed E-state index contributed by atoms with van der Waals surface area (Å²) in [5.74, 6) is -0.207. The largest absolute Gasteiger partial charge is 0.445 e. The van der Waals surface area contributed by atoms with E-state index in [0.29, 0.717) is 32.5 Å². The number of ether oxygens (including phenoxy) is 2. The molecule has 9 nitrogen and oxygen atoms in total. The van der Waals surface area contributed by atoms with Crippen molar-refractivity contribution < 1.29 is 22.7 Å². The summed E-state index contributed by atoms with van der Waals surface area (Å²) in [5, 5.41) is 5.90. The number of unbranched alkanes of at least 4 members (excludes halogenated alkanes) is 2. The van der Waals surface area contributed by atoms with E-state index in [2.05, 4.69) is 15.3 Å². The number of sulfone groups is 1. The van der Waals surface area contributed by atoms with Gasteiger partial charge in [-0.05, 0) is 24.8 Å². The van der Waals surface area contributed by atoms with Gasteiger partial charge in [-0.3, -0.25) is 0 Å². The number of carbonyl (C=O) groups excluding carboxylic acids is 1. The highest BCUT2D eigenvalue weighted by Gasteiger charge is 2.19. The Labute approximate surface area is 130 Å². The van der Waals surface area contributed by atoms with Crippen LogP contribution in [0.5, 0.6) is 0 Å². The second-order valence-electron chi connectivity index (χ2n) is 4.84. The van der Waals surface area contributed by atoms with Gasteiger partial charge < -0.3 is 14.8 Å². The van der Waals surface area contributed by atoms with E-state index >= 15 is 0 Å². The zero-order valence-electron chi connectivity index (χ0n) is 13.0. The molecule has 1 amide bonds. The molecule has 0 saturated heterocycles. The monoisotopic (exact) mass is 336 g/mol. The van der Waals surface area contributed by atoms with Crippen LogP contribution in [-0.4, -0.2) is 59.4 Å². The van der Waals surface area contributed by atoms with E-state index in [1.165, 1.54) is 7.11 Å². The molecule has 1 unspecified atom stereocenters. The molecule has 1 N–H and O–H groups in total. The Kier molecular flexibility index (Phi) is 11.2. The first-order valence-electron chi connectivity index (χ1n) is 7.01. The van der Waals surface area contributed by atoms with Gasteiger partial charge in [0.1, 0.15) is 6.10 Å². The van der Waals surface area contributed by atoms with Gasteiger partial charge in [0.2, 0.25) is 0 Å². The predicted molar refractivity (Wildman–Crippen MR) is 82.3 cm³/mol. The van der Waals surface area contributed by atoms with Crippen molar-refractivity contribution >= 4 is 15.9 Å². The molecule has 0 heterocycles. The maximum Gasteiger partial charge on any atom is 0.407 e. The zero-order valence-corrected chi connectivity index (χ0v) is 13.8. The maximum absolute atomic E-state index is 11.5. The Morgan fingerprint density at radius 3 is 2.68 bits per heavy atom. The fraction of sp³-hybridized carbons (Fsp3) is 0.917. The summed E-state index contributed by atoms with van der Waals surface area (Å²) in [6.45, 7) is 1.06. The van der Waals surface area contributed by atoms with E-state index < -0.39 is 22.0 Å². The predicted octanol–water partition coefficient (Wildman–Crippen LogP) is 1.64. The second kappa shape index (κ2) is 12.1. The maximum atomic E-state index is 11.5. The van der Waals surface area contributed by atoms with E-state index in [1.807, 2.05) is 0 Å². The van der Waals surface area contributed by atoms with Gasteiger partial charge in [-0.1, -0.05) is 11.5 Å². The fourth-order valence-corrected chi connectivity index (χ4v) is 2.65. The topological polar surface area (TPSA) is 130 Å². The Bertz CT molecular complexity index is 462. The molecule has 0 spiro atoms. The Morgan fingerprint density at radius 1 is 1.36 bits per heavy atom. The highest BCUT2D eigenvalue weighted by Crippen LogP contribution is 2.10. The van der Waals surface area contributed by atoms with E-state index in [1.54, 1.807) is 0 Å². The van der Waals surface area contributed by atoms with Crippen LogP contribution in [0, 0.1) is 0 Å². The first-order valence-corrected chi connectivity index (χ1v) is 9.07. The minimum atomic E-state index is -3.24. The van der Waals surface area contributed by atoms with Crippen LogP contribution < -0.4 is 5.32 Å². The van der Waals surface area contributed by atoms with Crippen LogP contribution in [0.4, 0.5) is 4.79 Å².